The fraction of sp³-hybridized carbons (Fsp3) is 0.312. The Hall–Kier alpha value is -2.63. The van der Waals surface area contributed by atoms with Crippen LogP contribution in [0.15, 0.2) is 39.5 Å². The van der Waals surface area contributed by atoms with Crippen LogP contribution in [0.3, 0.4) is 0 Å². The molecule has 1 N–H and O–H groups in total. The number of piperidine rings is 1. The number of hydrogen-bond acceptors (Lipinski definition) is 4. The molecule has 114 valence electrons. The lowest BCUT2D eigenvalue weighted by molar-refractivity contribution is -0.143. The number of likely N-dealkylation sites (tertiary alicyclic amines) is 1. The second-order valence-corrected chi connectivity index (χ2v) is 5.32. The summed E-state index contributed by atoms with van der Waals surface area (Å²) in [5.74, 6) is -1.69. The van der Waals surface area contributed by atoms with Gasteiger partial charge >= 0.3 is 5.97 Å². The molecular weight excluding hydrogens is 286 g/mol. The molecule has 1 aliphatic rings. The van der Waals surface area contributed by atoms with Gasteiger partial charge in [0.05, 0.1) is 5.39 Å². The highest BCUT2D eigenvalue weighted by atomic mass is 16.4. The average molecular weight is 301 g/mol. The lowest BCUT2D eigenvalue weighted by Gasteiger charge is -2.32. The maximum absolute atomic E-state index is 12.5. The predicted octanol–water partition coefficient (Wildman–Crippen LogP) is 1.87. The molecule has 0 spiro atoms. The zero-order chi connectivity index (χ0) is 15.7. The number of carboxylic acid groups (broad SMARTS) is 1. The Kier molecular flexibility index (Phi) is 3.66. The van der Waals surface area contributed by atoms with Gasteiger partial charge in [0, 0.05) is 12.6 Å². The van der Waals surface area contributed by atoms with Gasteiger partial charge in [0.1, 0.15) is 11.6 Å². The number of rotatable bonds is 2. The maximum atomic E-state index is 12.5. The van der Waals surface area contributed by atoms with E-state index in [-0.39, 0.29) is 11.2 Å². The van der Waals surface area contributed by atoms with E-state index in [1.807, 2.05) is 0 Å². The highest BCUT2D eigenvalue weighted by molar-refractivity contribution is 5.95. The SMILES string of the molecule is O=C(O)[C@@H]1CCCCN1C(=O)c1cc(=O)c2ccccc2o1. The molecule has 1 aliphatic heterocycles. The first-order valence-electron chi connectivity index (χ1n) is 7.14. The van der Waals surface area contributed by atoms with Gasteiger partial charge in [-0.25, -0.2) is 4.79 Å². The summed E-state index contributed by atoms with van der Waals surface area (Å²) in [6, 6.07) is 6.93. The fourth-order valence-electron chi connectivity index (χ4n) is 2.78. The van der Waals surface area contributed by atoms with E-state index in [2.05, 4.69) is 0 Å². The van der Waals surface area contributed by atoms with Crippen molar-refractivity contribution < 1.29 is 19.1 Å². The van der Waals surface area contributed by atoms with Crippen LogP contribution in [-0.2, 0) is 4.79 Å². The second-order valence-electron chi connectivity index (χ2n) is 5.32. The third-order valence-electron chi connectivity index (χ3n) is 3.89. The van der Waals surface area contributed by atoms with Crippen molar-refractivity contribution in [2.75, 3.05) is 6.54 Å². The van der Waals surface area contributed by atoms with Gasteiger partial charge in [-0.15, -0.1) is 0 Å². The fourth-order valence-corrected chi connectivity index (χ4v) is 2.78. The Morgan fingerprint density at radius 1 is 1.23 bits per heavy atom. The van der Waals surface area contributed by atoms with E-state index < -0.39 is 17.9 Å². The van der Waals surface area contributed by atoms with Gasteiger partial charge in [-0.1, -0.05) is 12.1 Å². The summed E-state index contributed by atoms with van der Waals surface area (Å²) in [5.41, 5.74) is 0.0105. The number of carbonyl (C=O) groups is 2. The molecule has 1 aromatic carbocycles. The Morgan fingerprint density at radius 3 is 2.77 bits per heavy atom. The van der Waals surface area contributed by atoms with Crippen LogP contribution >= 0.6 is 0 Å². The lowest BCUT2D eigenvalue weighted by Crippen LogP contribution is -2.48. The summed E-state index contributed by atoms with van der Waals surface area (Å²) < 4.78 is 5.50. The van der Waals surface area contributed by atoms with Crippen LogP contribution in [0.5, 0.6) is 0 Å². The monoisotopic (exact) mass is 301 g/mol. The Morgan fingerprint density at radius 2 is 2.00 bits per heavy atom. The highest BCUT2D eigenvalue weighted by Crippen LogP contribution is 2.21. The van der Waals surface area contributed by atoms with Crippen molar-refractivity contribution in [3.05, 3.63) is 46.3 Å². The number of nitrogens with zero attached hydrogens (tertiary/aromatic N) is 1. The molecule has 0 radical (unpaired) electrons. The summed E-state index contributed by atoms with van der Waals surface area (Å²) in [5, 5.41) is 9.64. The number of amides is 1. The molecule has 1 amide bonds. The van der Waals surface area contributed by atoms with Gasteiger partial charge in [-0.3, -0.25) is 9.59 Å². The van der Waals surface area contributed by atoms with Gasteiger partial charge in [0.25, 0.3) is 5.91 Å². The Labute approximate surface area is 126 Å². The minimum Gasteiger partial charge on any atom is -0.480 e. The van der Waals surface area contributed by atoms with E-state index in [1.54, 1.807) is 24.3 Å². The van der Waals surface area contributed by atoms with E-state index >= 15 is 0 Å². The highest BCUT2D eigenvalue weighted by Gasteiger charge is 2.33. The third kappa shape index (κ3) is 2.47. The van der Waals surface area contributed by atoms with Crippen LogP contribution in [0.4, 0.5) is 0 Å². The molecule has 22 heavy (non-hydrogen) atoms. The number of benzene rings is 1. The van der Waals surface area contributed by atoms with Crippen molar-refractivity contribution in [1.29, 1.82) is 0 Å². The van der Waals surface area contributed by atoms with E-state index in [0.717, 1.165) is 18.9 Å². The Balaban J connectivity index is 2.01. The molecule has 2 aromatic rings. The van der Waals surface area contributed by atoms with Gasteiger partial charge < -0.3 is 14.4 Å². The summed E-state index contributed by atoms with van der Waals surface area (Å²) >= 11 is 0. The number of aliphatic carboxylic acids is 1. The van der Waals surface area contributed by atoms with Gasteiger partial charge in [-0.2, -0.15) is 0 Å². The minimum atomic E-state index is -1.03. The summed E-state index contributed by atoms with van der Waals surface area (Å²) in [6.07, 6.45) is 1.93. The number of fused-ring (bicyclic) bond motifs is 1. The van der Waals surface area contributed by atoms with Crippen molar-refractivity contribution in [2.45, 2.75) is 25.3 Å². The van der Waals surface area contributed by atoms with E-state index in [0.29, 0.717) is 23.9 Å². The summed E-state index contributed by atoms with van der Waals surface area (Å²) in [6.45, 7) is 0.354. The summed E-state index contributed by atoms with van der Waals surface area (Å²) in [7, 11) is 0. The van der Waals surface area contributed by atoms with Crippen molar-refractivity contribution in [3.8, 4) is 0 Å². The Bertz CT molecular complexity index is 794. The number of para-hydroxylation sites is 1. The first kappa shape index (κ1) is 14.3. The van der Waals surface area contributed by atoms with Crippen LogP contribution in [0.2, 0.25) is 0 Å². The van der Waals surface area contributed by atoms with Crippen LogP contribution in [0.25, 0.3) is 11.0 Å². The van der Waals surface area contributed by atoms with Crippen molar-refractivity contribution in [3.63, 3.8) is 0 Å². The van der Waals surface area contributed by atoms with Crippen LogP contribution < -0.4 is 5.43 Å². The smallest absolute Gasteiger partial charge is 0.326 e. The zero-order valence-electron chi connectivity index (χ0n) is 11.8. The zero-order valence-corrected chi connectivity index (χ0v) is 11.8. The van der Waals surface area contributed by atoms with Crippen LogP contribution in [0.1, 0.15) is 29.8 Å². The molecule has 1 saturated heterocycles. The quantitative estimate of drug-likeness (QED) is 0.915. The number of hydrogen-bond donors (Lipinski definition) is 1. The normalized spacial score (nSPS) is 18.4. The first-order valence-corrected chi connectivity index (χ1v) is 7.14. The molecular formula is C16H15NO5. The average Bonchev–Trinajstić information content (AvgIpc) is 2.54. The molecule has 0 unspecified atom stereocenters. The van der Waals surface area contributed by atoms with Crippen molar-refractivity contribution in [2.24, 2.45) is 0 Å². The molecule has 2 heterocycles. The van der Waals surface area contributed by atoms with Gasteiger partial charge in [-0.05, 0) is 31.4 Å². The van der Waals surface area contributed by atoms with Crippen LogP contribution in [0, 0.1) is 0 Å². The van der Waals surface area contributed by atoms with E-state index in [1.165, 1.54) is 4.90 Å². The maximum Gasteiger partial charge on any atom is 0.326 e. The van der Waals surface area contributed by atoms with Gasteiger partial charge in [0.15, 0.2) is 11.2 Å². The molecule has 1 aromatic heterocycles. The first-order chi connectivity index (χ1) is 10.6. The molecule has 0 aliphatic carbocycles. The third-order valence-corrected chi connectivity index (χ3v) is 3.89. The minimum absolute atomic E-state index is 0.114. The van der Waals surface area contributed by atoms with Crippen molar-refractivity contribution >= 4 is 22.8 Å². The molecule has 6 nitrogen and oxygen atoms in total. The molecule has 6 heteroatoms. The molecule has 0 saturated carbocycles. The standard InChI is InChI=1S/C16H15NO5/c18-12-9-14(22-13-7-2-1-5-10(12)13)15(19)17-8-4-3-6-11(17)16(20)21/h1-2,5,7,9,11H,3-4,6,8H2,(H,20,21)/t11-/m0/s1. The summed E-state index contributed by atoms with van der Waals surface area (Å²) in [4.78, 5) is 37.2. The van der Waals surface area contributed by atoms with E-state index in [4.69, 9.17) is 4.42 Å². The number of carboxylic acids is 1. The predicted molar refractivity (Wildman–Crippen MR) is 78.8 cm³/mol. The van der Waals surface area contributed by atoms with Crippen LogP contribution in [-0.4, -0.2) is 34.5 Å². The number of carbonyl (C=O) groups excluding carboxylic acids is 1. The lowest BCUT2D eigenvalue weighted by atomic mass is 10.0. The largest absolute Gasteiger partial charge is 0.480 e. The molecule has 0 bridgehead atoms. The topological polar surface area (TPSA) is 87.8 Å². The van der Waals surface area contributed by atoms with Crippen molar-refractivity contribution in [1.82, 2.24) is 4.90 Å². The molecule has 3 rings (SSSR count). The molecule has 1 atom stereocenters. The second kappa shape index (κ2) is 5.63. The van der Waals surface area contributed by atoms with E-state index in [9.17, 15) is 19.5 Å². The molecule has 1 fully saturated rings. The van der Waals surface area contributed by atoms with Gasteiger partial charge in [0.2, 0.25) is 0 Å².